The van der Waals surface area contributed by atoms with Crippen molar-refractivity contribution in [3.05, 3.63) is 42.2 Å². The first-order valence-corrected chi connectivity index (χ1v) is 5.89. The number of hydrogen-bond acceptors (Lipinski definition) is 3. The van der Waals surface area contributed by atoms with Crippen molar-refractivity contribution in [2.45, 2.75) is 13.3 Å². The van der Waals surface area contributed by atoms with E-state index in [1.165, 1.54) is 0 Å². The van der Waals surface area contributed by atoms with Crippen LogP contribution < -0.4 is 5.32 Å². The molecule has 0 fully saturated rings. The summed E-state index contributed by atoms with van der Waals surface area (Å²) < 4.78 is 0. The van der Waals surface area contributed by atoms with E-state index in [-0.39, 0.29) is 5.78 Å². The predicted molar refractivity (Wildman–Crippen MR) is 69.2 cm³/mol. The molecule has 0 saturated carbocycles. The molecule has 2 aromatic rings. The largest absolute Gasteiger partial charge is 0.310 e. The van der Waals surface area contributed by atoms with E-state index in [9.17, 15) is 4.79 Å². The van der Waals surface area contributed by atoms with Crippen molar-refractivity contribution in [3.63, 3.8) is 0 Å². The Bertz CT molecular complexity index is 517. The fourth-order valence-electron chi connectivity index (χ4n) is 1.84. The highest BCUT2D eigenvalue weighted by Gasteiger charge is 2.08. The average molecular weight is 228 g/mol. The number of Topliss-reactive ketones (excluding diaryl/α,β-unsaturated/α-hetero) is 1. The fraction of sp³-hybridized carbons (Fsp3) is 0.286. The van der Waals surface area contributed by atoms with Crippen molar-refractivity contribution in [1.29, 1.82) is 0 Å². The van der Waals surface area contributed by atoms with E-state index in [0.717, 1.165) is 29.3 Å². The van der Waals surface area contributed by atoms with Gasteiger partial charge in [-0.1, -0.05) is 25.1 Å². The second kappa shape index (κ2) is 5.55. The zero-order valence-electron chi connectivity index (χ0n) is 9.94. The Kier molecular flexibility index (Phi) is 3.83. The minimum Gasteiger partial charge on any atom is -0.310 e. The van der Waals surface area contributed by atoms with Gasteiger partial charge in [-0.15, -0.1) is 0 Å². The Morgan fingerprint density at radius 1 is 1.35 bits per heavy atom. The molecular formula is C14H16N2O. The van der Waals surface area contributed by atoms with Gasteiger partial charge in [0.15, 0.2) is 5.78 Å². The summed E-state index contributed by atoms with van der Waals surface area (Å²) in [5.74, 6) is 0.134. The minimum atomic E-state index is 0.134. The lowest BCUT2D eigenvalue weighted by Crippen LogP contribution is -2.23. The summed E-state index contributed by atoms with van der Waals surface area (Å²) in [6, 6.07) is 7.64. The highest BCUT2D eigenvalue weighted by molar-refractivity contribution is 6.08. The highest BCUT2D eigenvalue weighted by atomic mass is 16.1. The van der Waals surface area contributed by atoms with E-state index in [1.807, 2.05) is 24.3 Å². The monoisotopic (exact) mass is 228 g/mol. The summed E-state index contributed by atoms with van der Waals surface area (Å²) in [6.45, 7) is 3.36. The van der Waals surface area contributed by atoms with Crippen LogP contribution in [-0.4, -0.2) is 23.9 Å². The average Bonchev–Trinajstić information content (AvgIpc) is 2.38. The molecule has 0 aliphatic carbocycles. The van der Waals surface area contributed by atoms with Gasteiger partial charge in [0.2, 0.25) is 0 Å². The van der Waals surface area contributed by atoms with Crippen molar-refractivity contribution >= 4 is 16.6 Å². The van der Waals surface area contributed by atoms with Crippen LogP contribution in [0.15, 0.2) is 36.7 Å². The van der Waals surface area contributed by atoms with Gasteiger partial charge in [-0.05, 0) is 24.4 Å². The lowest BCUT2D eigenvalue weighted by Gasteiger charge is -2.06. The van der Waals surface area contributed by atoms with E-state index < -0.39 is 0 Å². The van der Waals surface area contributed by atoms with E-state index >= 15 is 0 Å². The molecule has 2 rings (SSSR count). The maximum absolute atomic E-state index is 12.1. The summed E-state index contributed by atoms with van der Waals surface area (Å²) in [4.78, 5) is 16.1. The molecule has 1 N–H and O–H groups in total. The normalized spacial score (nSPS) is 10.6. The van der Waals surface area contributed by atoms with Gasteiger partial charge in [0.05, 0.1) is 6.54 Å². The van der Waals surface area contributed by atoms with Gasteiger partial charge in [-0.3, -0.25) is 9.78 Å². The first kappa shape index (κ1) is 11.7. The lowest BCUT2D eigenvalue weighted by atomic mass is 10.0. The third kappa shape index (κ3) is 2.68. The molecule has 0 spiro atoms. The second-order valence-corrected chi connectivity index (χ2v) is 4.00. The number of hydrogen-bond donors (Lipinski definition) is 1. The molecule has 0 radical (unpaired) electrons. The Morgan fingerprint density at radius 2 is 2.24 bits per heavy atom. The topological polar surface area (TPSA) is 42.0 Å². The molecule has 88 valence electrons. The SMILES string of the molecule is CCCNCC(=O)c1cccc2cnccc12. The Hall–Kier alpha value is -1.74. The number of carbonyl (C=O) groups is 1. The van der Waals surface area contributed by atoms with Crippen LogP contribution in [-0.2, 0) is 0 Å². The van der Waals surface area contributed by atoms with E-state index in [4.69, 9.17) is 0 Å². The Balaban J connectivity index is 2.26. The summed E-state index contributed by atoms with van der Waals surface area (Å²) in [6.07, 6.45) is 4.54. The number of aromatic nitrogens is 1. The number of nitrogens with zero attached hydrogens (tertiary/aromatic N) is 1. The number of benzene rings is 1. The summed E-state index contributed by atoms with van der Waals surface area (Å²) in [5, 5.41) is 5.12. The van der Waals surface area contributed by atoms with Crippen molar-refractivity contribution < 1.29 is 4.79 Å². The number of pyridine rings is 1. The minimum absolute atomic E-state index is 0.134. The predicted octanol–water partition coefficient (Wildman–Crippen LogP) is 2.42. The van der Waals surface area contributed by atoms with Crippen LogP contribution in [0.4, 0.5) is 0 Å². The standard InChI is InChI=1S/C14H16N2O/c1-2-7-15-10-14(17)13-5-3-4-11-9-16-8-6-12(11)13/h3-6,8-9,15H,2,7,10H2,1H3. The second-order valence-electron chi connectivity index (χ2n) is 4.00. The van der Waals surface area contributed by atoms with Crippen LogP contribution in [0.25, 0.3) is 10.8 Å². The fourth-order valence-corrected chi connectivity index (χ4v) is 1.84. The van der Waals surface area contributed by atoms with E-state index in [1.54, 1.807) is 12.4 Å². The molecule has 0 atom stereocenters. The molecule has 1 aromatic heterocycles. The van der Waals surface area contributed by atoms with Crippen LogP contribution in [0.3, 0.4) is 0 Å². The molecule has 1 aromatic carbocycles. The van der Waals surface area contributed by atoms with Gasteiger partial charge in [-0.25, -0.2) is 0 Å². The summed E-state index contributed by atoms with van der Waals surface area (Å²) in [7, 11) is 0. The van der Waals surface area contributed by atoms with Crippen molar-refractivity contribution in [2.24, 2.45) is 0 Å². The van der Waals surface area contributed by atoms with Crippen molar-refractivity contribution in [2.75, 3.05) is 13.1 Å². The highest BCUT2D eigenvalue weighted by Crippen LogP contribution is 2.17. The maximum atomic E-state index is 12.1. The zero-order valence-corrected chi connectivity index (χ0v) is 9.94. The molecule has 0 unspecified atom stereocenters. The first-order chi connectivity index (χ1) is 8.33. The molecule has 0 bridgehead atoms. The number of fused-ring (bicyclic) bond motifs is 1. The van der Waals surface area contributed by atoms with E-state index in [0.29, 0.717) is 6.54 Å². The van der Waals surface area contributed by atoms with Crippen LogP contribution in [0.2, 0.25) is 0 Å². The number of rotatable bonds is 5. The molecule has 17 heavy (non-hydrogen) atoms. The van der Waals surface area contributed by atoms with Gasteiger partial charge in [0, 0.05) is 23.3 Å². The maximum Gasteiger partial charge on any atom is 0.177 e. The molecule has 1 heterocycles. The molecular weight excluding hydrogens is 212 g/mol. The van der Waals surface area contributed by atoms with Crippen LogP contribution in [0.1, 0.15) is 23.7 Å². The number of nitrogens with one attached hydrogen (secondary N) is 1. The van der Waals surface area contributed by atoms with Gasteiger partial charge >= 0.3 is 0 Å². The molecule has 0 aliphatic rings. The van der Waals surface area contributed by atoms with Crippen molar-refractivity contribution in [1.82, 2.24) is 10.3 Å². The summed E-state index contributed by atoms with van der Waals surface area (Å²) in [5.41, 5.74) is 0.772. The quantitative estimate of drug-likeness (QED) is 0.631. The Morgan fingerprint density at radius 3 is 3.06 bits per heavy atom. The zero-order chi connectivity index (χ0) is 12.1. The molecule has 3 heteroatoms. The molecule has 0 amide bonds. The third-order valence-electron chi connectivity index (χ3n) is 2.69. The molecule has 0 saturated heterocycles. The molecule has 0 aliphatic heterocycles. The van der Waals surface area contributed by atoms with Gasteiger partial charge in [0.1, 0.15) is 0 Å². The van der Waals surface area contributed by atoms with Gasteiger partial charge < -0.3 is 5.32 Å². The molecule has 3 nitrogen and oxygen atoms in total. The lowest BCUT2D eigenvalue weighted by molar-refractivity contribution is 0.0993. The van der Waals surface area contributed by atoms with Crippen LogP contribution in [0, 0.1) is 0 Å². The Labute approximate surface area is 101 Å². The van der Waals surface area contributed by atoms with Gasteiger partial charge in [0.25, 0.3) is 0 Å². The smallest absolute Gasteiger partial charge is 0.177 e. The number of carbonyl (C=O) groups excluding carboxylic acids is 1. The van der Waals surface area contributed by atoms with Crippen LogP contribution in [0.5, 0.6) is 0 Å². The van der Waals surface area contributed by atoms with E-state index in [2.05, 4.69) is 17.2 Å². The van der Waals surface area contributed by atoms with Crippen LogP contribution >= 0.6 is 0 Å². The number of ketones is 1. The first-order valence-electron chi connectivity index (χ1n) is 5.89. The summed E-state index contributed by atoms with van der Waals surface area (Å²) >= 11 is 0. The van der Waals surface area contributed by atoms with Crippen molar-refractivity contribution in [3.8, 4) is 0 Å². The third-order valence-corrected chi connectivity index (χ3v) is 2.69. The van der Waals surface area contributed by atoms with Gasteiger partial charge in [-0.2, -0.15) is 0 Å².